The number of esters is 1. The van der Waals surface area contributed by atoms with Gasteiger partial charge in [0.25, 0.3) is 11.6 Å². The van der Waals surface area contributed by atoms with Crippen molar-refractivity contribution in [1.29, 1.82) is 0 Å². The van der Waals surface area contributed by atoms with Crippen LogP contribution >= 0.6 is 0 Å². The van der Waals surface area contributed by atoms with Crippen molar-refractivity contribution in [2.75, 3.05) is 12.4 Å². The fraction of sp³-hybridized carbons (Fsp3) is 0.300. The van der Waals surface area contributed by atoms with Gasteiger partial charge in [0.1, 0.15) is 5.75 Å². The van der Waals surface area contributed by atoms with E-state index in [1.54, 1.807) is 24.3 Å². The molecule has 166 valence electrons. The van der Waals surface area contributed by atoms with Crippen LogP contribution in [0.1, 0.15) is 24.5 Å². The van der Waals surface area contributed by atoms with Crippen molar-refractivity contribution < 1.29 is 37.2 Å². The van der Waals surface area contributed by atoms with E-state index in [1.165, 1.54) is 14.0 Å². The van der Waals surface area contributed by atoms with Crippen molar-refractivity contribution in [2.45, 2.75) is 32.0 Å². The number of halogens is 3. The van der Waals surface area contributed by atoms with E-state index in [4.69, 9.17) is 9.47 Å². The van der Waals surface area contributed by atoms with Gasteiger partial charge in [-0.25, -0.2) is 0 Å². The van der Waals surface area contributed by atoms with E-state index in [0.717, 1.165) is 17.7 Å². The summed E-state index contributed by atoms with van der Waals surface area (Å²) >= 11 is 0. The predicted molar refractivity (Wildman–Crippen MR) is 104 cm³/mol. The zero-order valence-electron chi connectivity index (χ0n) is 16.6. The van der Waals surface area contributed by atoms with Gasteiger partial charge in [-0.3, -0.25) is 19.7 Å². The summed E-state index contributed by atoms with van der Waals surface area (Å²) in [5.41, 5.74) is -2.09. The van der Waals surface area contributed by atoms with Gasteiger partial charge < -0.3 is 14.8 Å². The average molecular weight is 440 g/mol. The summed E-state index contributed by atoms with van der Waals surface area (Å²) in [6.07, 6.45) is -6.13. The molecule has 0 aliphatic heterocycles. The number of ether oxygens (including phenoxy) is 2. The molecule has 1 atom stereocenters. The molecule has 0 aliphatic carbocycles. The largest absolute Gasteiger partial charge is 0.496 e. The Morgan fingerprint density at radius 1 is 1.19 bits per heavy atom. The van der Waals surface area contributed by atoms with Crippen molar-refractivity contribution in [2.24, 2.45) is 0 Å². The van der Waals surface area contributed by atoms with Crippen molar-refractivity contribution in [3.63, 3.8) is 0 Å². The second kappa shape index (κ2) is 9.92. The summed E-state index contributed by atoms with van der Waals surface area (Å²) in [4.78, 5) is 34.0. The molecule has 0 saturated carbocycles. The minimum absolute atomic E-state index is 0.0800. The number of anilines is 1. The third-order valence-electron chi connectivity index (χ3n) is 4.25. The Morgan fingerprint density at radius 2 is 1.87 bits per heavy atom. The third-order valence-corrected chi connectivity index (χ3v) is 4.25. The predicted octanol–water partition coefficient (Wildman–Crippen LogP) is 4.13. The van der Waals surface area contributed by atoms with Crippen LogP contribution in [0.4, 0.5) is 24.5 Å². The van der Waals surface area contributed by atoms with Crippen molar-refractivity contribution in [3.05, 3.63) is 63.7 Å². The lowest BCUT2D eigenvalue weighted by molar-refractivity contribution is -0.385. The monoisotopic (exact) mass is 440 g/mol. The maximum Gasteiger partial charge on any atom is 0.418 e. The molecule has 2 aromatic carbocycles. The number of hydrogen-bond acceptors (Lipinski definition) is 6. The van der Waals surface area contributed by atoms with E-state index in [-0.39, 0.29) is 12.8 Å². The van der Waals surface area contributed by atoms with E-state index in [9.17, 15) is 32.9 Å². The number of non-ortho nitro benzene ring substituents is 1. The number of carbonyl (C=O) groups is 2. The molecule has 0 radical (unpaired) electrons. The highest BCUT2D eigenvalue weighted by atomic mass is 19.4. The van der Waals surface area contributed by atoms with E-state index in [0.29, 0.717) is 11.8 Å². The van der Waals surface area contributed by atoms with Crippen LogP contribution in [0.25, 0.3) is 0 Å². The normalized spacial score (nSPS) is 12.0. The molecule has 0 bridgehead atoms. The lowest BCUT2D eigenvalue weighted by Crippen LogP contribution is -2.31. The molecule has 0 unspecified atom stereocenters. The zero-order chi connectivity index (χ0) is 23.2. The first-order valence-electron chi connectivity index (χ1n) is 9.00. The molecule has 0 heterocycles. The molecule has 0 spiro atoms. The highest BCUT2D eigenvalue weighted by molar-refractivity contribution is 5.96. The fourth-order valence-corrected chi connectivity index (χ4v) is 2.68. The summed E-state index contributed by atoms with van der Waals surface area (Å²) in [6.45, 7) is 1.20. The summed E-state index contributed by atoms with van der Waals surface area (Å²) in [5.74, 6) is -1.16. The van der Waals surface area contributed by atoms with E-state index in [1.807, 2.05) is 5.32 Å². The minimum Gasteiger partial charge on any atom is -0.496 e. The number of benzene rings is 2. The number of rotatable bonds is 8. The highest BCUT2D eigenvalue weighted by Crippen LogP contribution is 2.37. The molecule has 8 nitrogen and oxygen atoms in total. The van der Waals surface area contributed by atoms with Crippen molar-refractivity contribution in [3.8, 4) is 5.75 Å². The molecule has 0 saturated heterocycles. The Kier molecular flexibility index (Phi) is 7.56. The van der Waals surface area contributed by atoms with Crippen LogP contribution in [-0.2, 0) is 26.9 Å². The van der Waals surface area contributed by atoms with Gasteiger partial charge in [-0.1, -0.05) is 18.2 Å². The number of alkyl halides is 3. The van der Waals surface area contributed by atoms with Gasteiger partial charge in [-0.2, -0.15) is 13.2 Å². The van der Waals surface area contributed by atoms with Crippen LogP contribution in [0.15, 0.2) is 42.5 Å². The number of nitrogens with one attached hydrogen (secondary N) is 1. The maximum absolute atomic E-state index is 13.2. The van der Waals surface area contributed by atoms with Crippen LogP contribution in [0.2, 0.25) is 0 Å². The lowest BCUT2D eigenvalue weighted by Gasteiger charge is -2.17. The quantitative estimate of drug-likeness (QED) is 0.376. The second-order valence-electron chi connectivity index (χ2n) is 6.42. The maximum atomic E-state index is 13.2. The Bertz CT molecular complexity index is 978. The third kappa shape index (κ3) is 6.43. The molecule has 1 N–H and O–H groups in total. The minimum atomic E-state index is -4.94. The first kappa shape index (κ1) is 23.6. The van der Waals surface area contributed by atoms with Gasteiger partial charge in [0.05, 0.1) is 23.3 Å². The SMILES string of the molecule is COc1ccccc1CCC(=O)O[C@@H](C)C(=O)Nc1ccc([N+](=O)[O-])cc1C(F)(F)F. The van der Waals surface area contributed by atoms with Gasteiger partial charge in [0, 0.05) is 18.6 Å². The van der Waals surface area contributed by atoms with Crippen LogP contribution in [0.3, 0.4) is 0 Å². The first-order chi connectivity index (χ1) is 14.5. The van der Waals surface area contributed by atoms with E-state index >= 15 is 0 Å². The number of hydrogen-bond donors (Lipinski definition) is 1. The fourth-order valence-electron chi connectivity index (χ4n) is 2.68. The Morgan fingerprint density at radius 3 is 2.48 bits per heavy atom. The molecule has 0 aromatic heterocycles. The number of nitro benzene ring substituents is 1. The Hall–Kier alpha value is -3.63. The number of amides is 1. The number of nitro groups is 1. The lowest BCUT2D eigenvalue weighted by atomic mass is 10.1. The number of methoxy groups -OCH3 is 1. The van der Waals surface area contributed by atoms with Crippen molar-refractivity contribution in [1.82, 2.24) is 0 Å². The van der Waals surface area contributed by atoms with Crippen LogP contribution in [0, 0.1) is 10.1 Å². The molecule has 0 fully saturated rings. The van der Waals surface area contributed by atoms with Gasteiger partial charge >= 0.3 is 12.1 Å². The number of nitrogens with zero attached hydrogens (tertiary/aromatic N) is 1. The molecule has 2 rings (SSSR count). The summed E-state index contributed by atoms with van der Waals surface area (Å²) < 4.78 is 49.8. The Labute approximate surface area is 175 Å². The van der Waals surface area contributed by atoms with Gasteiger partial charge in [-0.15, -0.1) is 0 Å². The number of para-hydroxylation sites is 1. The molecule has 2 aromatic rings. The molecule has 11 heteroatoms. The smallest absolute Gasteiger partial charge is 0.418 e. The van der Waals surface area contributed by atoms with Crippen molar-refractivity contribution >= 4 is 23.3 Å². The van der Waals surface area contributed by atoms with E-state index < -0.39 is 46.0 Å². The zero-order valence-corrected chi connectivity index (χ0v) is 16.6. The molecule has 0 aliphatic rings. The van der Waals surface area contributed by atoms with E-state index in [2.05, 4.69) is 0 Å². The topological polar surface area (TPSA) is 108 Å². The van der Waals surface area contributed by atoms with Gasteiger partial charge in [-0.05, 0) is 31.0 Å². The van der Waals surface area contributed by atoms with Crippen LogP contribution < -0.4 is 10.1 Å². The van der Waals surface area contributed by atoms with Crippen LogP contribution in [0.5, 0.6) is 5.75 Å². The summed E-state index contributed by atoms with van der Waals surface area (Å²) in [6, 6.07) is 8.93. The summed E-state index contributed by atoms with van der Waals surface area (Å²) in [5, 5.41) is 12.7. The Balaban J connectivity index is 2.02. The first-order valence-corrected chi connectivity index (χ1v) is 9.00. The van der Waals surface area contributed by atoms with Gasteiger partial charge in [0.15, 0.2) is 6.10 Å². The molecule has 1 amide bonds. The number of aryl methyl sites for hydroxylation is 1. The highest BCUT2D eigenvalue weighted by Gasteiger charge is 2.36. The number of carbonyl (C=O) groups excluding carboxylic acids is 2. The molecular formula is C20H19F3N2O6. The van der Waals surface area contributed by atoms with Gasteiger partial charge in [0.2, 0.25) is 0 Å². The average Bonchev–Trinajstić information content (AvgIpc) is 2.71. The molecular weight excluding hydrogens is 421 g/mol. The standard InChI is InChI=1S/C20H19F3N2O6/c1-12(31-18(26)10-7-13-5-3-4-6-17(13)30-2)19(27)24-16-9-8-14(25(28)29)11-15(16)20(21,22)23/h3-6,8-9,11-12H,7,10H2,1-2H3,(H,24,27)/t12-/m0/s1. The second-order valence-corrected chi connectivity index (χ2v) is 6.42. The van der Waals surface area contributed by atoms with Crippen LogP contribution in [-0.4, -0.2) is 30.0 Å². The molecule has 31 heavy (non-hydrogen) atoms. The summed E-state index contributed by atoms with van der Waals surface area (Å²) in [7, 11) is 1.48.